The van der Waals surface area contributed by atoms with E-state index in [1.54, 1.807) is 41.1 Å². The van der Waals surface area contributed by atoms with Crippen molar-refractivity contribution in [2.24, 2.45) is 0 Å². The van der Waals surface area contributed by atoms with Crippen LogP contribution in [0, 0.1) is 5.82 Å². The number of halogens is 1. The third kappa shape index (κ3) is 3.00. The van der Waals surface area contributed by atoms with Gasteiger partial charge in [0.1, 0.15) is 5.65 Å². The molecule has 0 radical (unpaired) electrons. The molecule has 30 heavy (non-hydrogen) atoms. The molecule has 0 unspecified atom stereocenters. The Balaban J connectivity index is 1.53. The smallest absolute Gasteiger partial charge is 0.228 e. The minimum absolute atomic E-state index is 0.0574. The number of methoxy groups -OCH3 is 1. The molecule has 4 aromatic heterocycles. The summed E-state index contributed by atoms with van der Waals surface area (Å²) in [5.74, 6) is 0.515. The van der Waals surface area contributed by atoms with Gasteiger partial charge >= 0.3 is 0 Å². The number of ether oxygens (including phenoxy) is 1. The van der Waals surface area contributed by atoms with Crippen LogP contribution in [-0.4, -0.2) is 61.9 Å². The molecule has 0 aromatic carbocycles. The van der Waals surface area contributed by atoms with Gasteiger partial charge in [-0.25, -0.2) is 9.37 Å². The molecule has 10 heteroatoms. The van der Waals surface area contributed by atoms with E-state index in [-0.39, 0.29) is 17.6 Å². The maximum absolute atomic E-state index is 14.4. The Hall–Kier alpha value is -3.69. The highest BCUT2D eigenvalue weighted by Crippen LogP contribution is 2.35. The Kier molecular flexibility index (Phi) is 4.27. The molecule has 1 saturated heterocycles. The number of nitrogens with one attached hydrogen (secondary N) is 2. The molecule has 1 aliphatic rings. The molecule has 0 spiro atoms. The predicted octanol–water partition coefficient (Wildman–Crippen LogP) is 2.45. The third-order valence-electron chi connectivity index (χ3n) is 5.41. The highest BCUT2D eigenvalue weighted by molar-refractivity contribution is 5.97. The number of nitrogens with zero attached hydrogens (tertiary/aromatic N) is 5. The summed E-state index contributed by atoms with van der Waals surface area (Å²) in [4.78, 5) is 29.6. The lowest BCUT2D eigenvalue weighted by Crippen LogP contribution is -2.43. The van der Waals surface area contributed by atoms with Crippen LogP contribution in [0.5, 0.6) is 5.88 Å². The maximum Gasteiger partial charge on any atom is 0.228 e. The van der Waals surface area contributed by atoms with E-state index in [4.69, 9.17) is 4.74 Å². The predicted molar refractivity (Wildman–Crippen MR) is 109 cm³/mol. The molecular formula is C20H20FN7O2. The van der Waals surface area contributed by atoms with Gasteiger partial charge in [0.15, 0.2) is 11.5 Å². The third-order valence-corrected chi connectivity index (χ3v) is 5.41. The van der Waals surface area contributed by atoms with Gasteiger partial charge in [-0.15, -0.1) is 0 Å². The standard InChI is InChI=1S/C20H20FN7O2/c1-27-10-12(3-4-15(27)29)24-20-25-17-16(19(26-20)30-2)13(8-23-17)11-7-14(21)18-22-5-6-28(18)9-11/h5-9,12H,3-4,10H2,1-2H3,(H2,23,24,25,26)/t12-/m1/s1. The number of hydrogen-bond acceptors (Lipinski definition) is 6. The van der Waals surface area contributed by atoms with Gasteiger partial charge in [0.05, 0.1) is 12.5 Å². The van der Waals surface area contributed by atoms with E-state index in [0.717, 1.165) is 5.56 Å². The molecule has 5 rings (SSSR count). The lowest BCUT2D eigenvalue weighted by Gasteiger charge is -2.30. The summed E-state index contributed by atoms with van der Waals surface area (Å²) >= 11 is 0. The molecule has 1 fully saturated rings. The van der Waals surface area contributed by atoms with E-state index >= 15 is 0 Å². The number of carbonyl (C=O) groups is 1. The van der Waals surface area contributed by atoms with Gasteiger partial charge in [0, 0.05) is 62.0 Å². The number of likely N-dealkylation sites (tertiary alicyclic amines) is 1. The first-order valence-corrected chi connectivity index (χ1v) is 9.59. The molecule has 5 heterocycles. The Bertz CT molecular complexity index is 1260. The van der Waals surface area contributed by atoms with Crippen LogP contribution in [-0.2, 0) is 4.79 Å². The fourth-order valence-electron chi connectivity index (χ4n) is 3.89. The number of amides is 1. The number of aromatic amines is 1. The molecule has 2 N–H and O–H groups in total. The number of pyridine rings is 1. The molecule has 4 aromatic rings. The topological polar surface area (TPSA) is 100 Å². The van der Waals surface area contributed by atoms with Crippen molar-refractivity contribution in [3.8, 4) is 17.0 Å². The Morgan fingerprint density at radius 1 is 1.37 bits per heavy atom. The highest BCUT2D eigenvalue weighted by atomic mass is 19.1. The maximum atomic E-state index is 14.4. The van der Waals surface area contributed by atoms with Crippen molar-refractivity contribution < 1.29 is 13.9 Å². The number of anilines is 1. The molecule has 0 aliphatic carbocycles. The van der Waals surface area contributed by atoms with Crippen LogP contribution in [0.1, 0.15) is 12.8 Å². The number of hydrogen-bond donors (Lipinski definition) is 2. The van der Waals surface area contributed by atoms with E-state index in [9.17, 15) is 9.18 Å². The Morgan fingerprint density at radius 3 is 3.03 bits per heavy atom. The lowest BCUT2D eigenvalue weighted by molar-refractivity contribution is -0.132. The normalized spacial score (nSPS) is 17.1. The van der Waals surface area contributed by atoms with E-state index in [1.165, 1.54) is 13.2 Å². The van der Waals surface area contributed by atoms with Crippen LogP contribution < -0.4 is 10.1 Å². The molecule has 1 amide bonds. The summed E-state index contributed by atoms with van der Waals surface area (Å²) < 4.78 is 21.6. The van der Waals surface area contributed by atoms with Gasteiger partial charge in [-0.05, 0) is 12.5 Å². The lowest BCUT2D eigenvalue weighted by atomic mass is 10.1. The number of carbonyl (C=O) groups excluding carboxylic acids is 1. The number of imidazole rings is 1. The number of H-pyrrole nitrogens is 1. The van der Waals surface area contributed by atoms with Gasteiger partial charge in [-0.1, -0.05) is 0 Å². The molecular weight excluding hydrogens is 389 g/mol. The number of rotatable bonds is 4. The summed E-state index contributed by atoms with van der Waals surface area (Å²) in [5, 5.41) is 3.95. The first-order valence-electron chi connectivity index (χ1n) is 9.59. The van der Waals surface area contributed by atoms with Crippen molar-refractivity contribution in [2.45, 2.75) is 18.9 Å². The minimum Gasteiger partial charge on any atom is -0.480 e. The summed E-state index contributed by atoms with van der Waals surface area (Å²) in [6.45, 7) is 0.586. The van der Waals surface area contributed by atoms with Gasteiger partial charge in [-0.3, -0.25) is 4.79 Å². The van der Waals surface area contributed by atoms with Gasteiger partial charge in [0.2, 0.25) is 17.7 Å². The highest BCUT2D eigenvalue weighted by Gasteiger charge is 2.24. The fraction of sp³-hybridized carbons (Fsp3) is 0.300. The molecule has 154 valence electrons. The molecule has 1 atom stereocenters. The Morgan fingerprint density at radius 2 is 2.23 bits per heavy atom. The second-order valence-corrected chi connectivity index (χ2v) is 7.37. The summed E-state index contributed by atoms with van der Waals surface area (Å²) in [7, 11) is 3.32. The largest absolute Gasteiger partial charge is 0.480 e. The average molecular weight is 409 g/mol. The molecule has 0 saturated carbocycles. The van der Waals surface area contributed by atoms with Gasteiger partial charge in [0.25, 0.3) is 0 Å². The molecule has 0 bridgehead atoms. The van der Waals surface area contributed by atoms with Crippen LogP contribution in [0.25, 0.3) is 27.8 Å². The van der Waals surface area contributed by atoms with Crippen LogP contribution in [0.4, 0.5) is 10.3 Å². The quantitative estimate of drug-likeness (QED) is 0.537. The average Bonchev–Trinajstić information content (AvgIpc) is 3.37. The second-order valence-electron chi connectivity index (χ2n) is 7.37. The summed E-state index contributed by atoms with van der Waals surface area (Å²) in [6.07, 6.45) is 8.01. The zero-order valence-electron chi connectivity index (χ0n) is 16.5. The van der Waals surface area contributed by atoms with Crippen LogP contribution >= 0.6 is 0 Å². The van der Waals surface area contributed by atoms with Crippen LogP contribution in [0.2, 0.25) is 0 Å². The van der Waals surface area contributed by atoms with E-state index < -0.39 is 5.82 Å². The van der Waals surface area contributed by atoms with Gasteiger partial charge < -0.3 is 24.3 Å². The molecule has 1 aliphatic heterocycles. The van der Waals surface area contributed by atoms with Crippen molar-refractivity contribution >= 4 is 28.5 Å². The number of aromatic nitrogens is 5. The van der Waals surface area contributed by atoms with Crippen molar-refractivity contribution in [3.63, 3.8) is 0 Å². The van der Waals surface area contributed by atoms with Crippen molar-refractivity contribution in [1.29, 1.82) is 0 Å². The van der Waals surface area contributed by atoms with E-state index in [0.29, 0.717) is 47.8 Å². The monoisotopic (exact) mass is 409 g/mol. The number of fused-ring (bicyclic) bond motifs is 2. The first-order chi connectivity index (χ1) is 14.5. The van der Waals surface area contributed by atoms with E-state index in [1.807, 2.05) is 0 Å². The first kappa shape index (κ1) is 18.3. The summed E-state index contributed by atoms with van der Waals surface area (Å²) in [6, 6.07) is 1.49. The summed E-state index contributed by atoms with van der Waals surface area (Å²) in [5.41, 5.74) is 2.22. The van der Waals surface area contributed by atoms with Crippen molar-refractivity contribution in [1.82, 2.24) is 29.2 Å². The fourth-order valence-corrected chi connectivity index (χ4v) is 3.89. The second kappa shape index (κ2) is 6.97. The zero-order valence-corrected chi connectivity index (χ0v) is 16.5. The Labute approximate surface area is 170 Å². The van der Waals surface area contributed by atoms with Crippen LogP contribution in [0.3, 0.4) is 0 Å². The minimum atomic E-state index is -0.416. The number of likely N-dealkylation sites (N-methyl/N-ethyl adjacent to an activating group) is 1. The van der Waals surface area contributed by atoms with Gasteiger partial charge in [-0.2, -0.15) is 9.97 Å². The number of piperidine rings is 1. The molecule has 9 nitrogen and oxygen atoms in total. The zero-order chi connectivity index (χ0) is 20.8. The van der Waals surface area contributed by atoms with Crippen LogP contribution in [0.15, 0.2) is 30.9 Å². The van der Waals surface area contributed by atoms with Crippen molar-refractivity contribution in [2.75, 3.05) is 26.0 Å². The van der Waals surface area contributed by atoms with Crippen molar-refractivity contribution in [3.05, 3.63) is 36.7 Å². The SMILES string of the molecule is COc1nc(N[C@@H]2CCC(=O)N(C)C2)nc2[nH]cc(-c3cc(F)c4nccn4c3)c12. The van der Waals surface area contributed by atoms with E-state index in [2.05, 4.69) is 25.3 Å².